The van der Waals surface area contributed by atoms with E-state index in [2.05, 4.69) is 15.9 Å². The first kappa shape index (κ1) is 13.7. The Morgan fingerprint density at radius 2 is 2.06 bits per heavy atom. The molecule has 1 aliphatic heterocycles. The summed E-state index contributed by atoms with van der Waals surface area (Å²) in [6.45, 7) is 0.768. The predicted octanol–water partition coefficient (Wildman–Crippen LogP) is 3.56. The Labute approximate surface area is 112 Å². The number of halogens is 4. The van der Waals surface area contributed by atoms with Crippen molar-refractivity contribution in [2.75, 3.05) is 12.3 Å². The molecule has 1 aliphatic rings. The van der Waals surface area contributed by atoms with E-state index in [4.69, 9.17) is 5.73 Å². The second kappa shape index (κ2) is 5.09. The quantitative estimate of drug-likeness (QED) is 0.843. The predicted molar refractivity (Wildman–Crippen MR) is 68.0 cm³/mol. The third-order valence-electron chi connectivity index (χ3n) is 3.11. The summed E-state index contributed by atoms with van der Waals surface area (Å²) in [6, 6.07) is 3.94. The third kappa shape index (κ3) is 3.17. The van der Waals surface area contributed by atoms with Crippen LogP contribution < -0.4 is 5.73 Å². The van der Waals surface area contributed by atoms with Gasteiger partial charge in [-0.05, 0) is 43.1 Å². The lowest BCUT2D eigenvalue weighted by atomic mass is 10.1. The molecule has 18 heavy (non-hydrogen) atoms. The topological polar surface area (TPSA) is 29.3 Å². The Balaban J connectivity index is 2.13. The van der Waals surface area contributed by atoms with Crippen LogP contribution in [0.3, 0.4) is 0 Å². The van der Waals surface area contributed by atoms with Gasteiger partial charge in [-0.3, -0.25) is 4.90 Å². The van der Waals surface area contributed by atoms with Crippen LogP contribution in [0.25, 0.3) is 0 Å². The van der Waals surface area contributed by atoms with Gasteiger partial charge in [0, 0.05) is 16.7 Å². The molecule has 0 bridgehead atoms. The number of nitrogens with two attached hydrogens (primary N) is 1. The lowest BCUT2D eigenvalue weighted by Crippen LogP contribution is -2.40. The van der Waals surface area contributed by atoms with Crippen LogP contribution in [-0.4, -0.2) is 23.7 Å². The van der Waals surface area contributed by atoms with Gasteiger partial charge in [-0.2, -0.15) is 13.2 Å². The van der Waals surface area contributed by atoms with Gasteiger partial charge in [0.25, 0.3) is 0 Å². The molecule has 100 valence electrons. The van der Waals surface area contributed by atoms with Crippen molar-refractivity contribution in [3.8, 4) is 0 Å². The molecule has 0 amide bonds. The zero-order valence-corrected chi connectivity index (χ0v) is 11.3. The molecular weight excluding hydrogens is 309 g/mol. The van der Waals surface area contributed by atoms with E-state index in [1.807, 2.05) is 6.07 Å². The van der Waals surface area contributed by atoms with Gasteiger partial charge in [-0.15, -0.1) is 0 Å². The second-order valence-electron chi connectivity index (χ2n) is 4.56. The van der Waals surface area contributed by atoms with Gasteiger partial charge in [0.1, 0.15) is 6.04 Å². The number of nitrogens with zero attached hydrogens (tertiary/aromatic N) is 1. The summed E-state index contributed by atoms with van der Waals surface area (Å²) in [5.74, 6) is 0. The minimum atomic E-state index is -4.14. The molecule has 0 aromatic heterocycles. The van der Waals surface area contributed by atoms with E-state index in [0.29, 0.717) is 18.7 Å². The molecule has 0 radical (unpaired) electrons. The number of nitrogen functional groups attached to an aromatic ring is 1. The number of hydrogen-bond acceptors (Lipinski definition) is 2. The molecular formula is C12H14BrF3N2. The summed E-state index contributed by atoms with van der Waals surface area (Å²) in [4.78, 5) is 1.47. The van der Waals surface area contributed by atoms with Crippen LogP contribution in [0.5, 0.6) is 0 Å². The van der Waals surface area contributed by atoms with Gasteiger partial charge in [0.15, 0.2) is 0 Å². The van der Waals surface area contributed by atoms with Crippen LogP contribution >= 0.6 is 15.9 Å². The minimum Gasteiger partial charge on any atom is -0.399 e. The molecule has 1 atom stereocenters. The van der Waals surface area contributed by atoms with E-state index in [1.54, 1.807) is 12.1 Å². The lowest BCUT2D eigenvalue weighted by Gasteiger charge is -2.26. The van der Waals surface area contributed by atoms with Crippen molar-refractivity contribution in [1.82, 2.24) is 4.90 Å². The second-order valence-corrected chi connectivity index (χ2v) is 5.48. The number of hydrogen-bond donors (Lipinski definition) is 1. The maximum atomic E-state index is 12.8. The van der Waals surface area contributed by atoms with E-state index >= 15 is 0 Å². The van der Waals surface area contributed by atoms with Gasteiger partial charge in [-0.1, -0.05) is 15.9 Å². The average molecular weight is 323 g/mol. The van der Waals surface area contributed by atoms with Crippen LogP contribution in [0.4, 0.5) is 18.9 Å². The van der Waals surface area contributed by atoms with Crippen LogP contribution in [0.15, 0.2) is 22.7 Å². The SMILES string of the molecule is Nc1cc(Br)cc(CN2CCC[C@H]2C(F)(F)F)c1. The highest BCUT2D eigenvalue weighted by molar-refractivity contribution is 9.10. The summed E-state index contributed by atoms with van der Waals surface area (Å²) in [7, 11) is 0. The first-order valence-corrected chi connectivity index (χ1v) is 6.51. The zero-order valence-electron chi connectivity index (χ0n) is 9.67. The first-order valence-electron chi connectivity index (χ1n) is 5.72. The fourth-order valence-electron chi connectivity index (χ4n) is 2.39. The van der Waals surface area contributed by atoms with Crippen molar-refractivity contribution in [2.24, 2.45) is 0 Å². The lowest BCUT2D eigenvalue weighted by molar-refractivity contribution is -0.177. The fraction of sp³-hybridized carbons (Fsp3) is 0.500. The molecule has 1 heterocycles. The summed E-state index contributed by atoms with van der Waals surface area (Å²) in [5.41, 5.74) is 7.04. The van der Waals surface area contributed by atoms with E-state index < -0.39 is 12.2 Å². The molecule has 1 aromatic rings. The minimum absolute atomic E-state index is 0.187. The first-order chi connectivity index (χ1) is 8.36. The Bertz CT molecular complexity index is 414. The number of anilines is 1. The van der Waals surface area contributed by atoms with Gasteiger partial charge in [0.2, 0.25) is 0 Å². The molecule has 0 spiro atoms. The Morgan fingerprint density at radius 1 is 1.33 bits per heavy atom. The fourth-order valence-corrected chi connectivity index (χ4v) is 2.95. The van der Waals surface area contributed by atoms with Gasteiger partial charge in [0.05, 0.1) is 0 Å². The average Bonchev–Trinajstić information content (AvgIpc) is 2.63. The molecule has 1 saturated heterocycles. The summed E-state index contributed by atoms with van der Waals surface area (Å²) < 4.78 is 39.2. The van der Waals surface area contributed by atoms with Crippen LogP contribution in [0.1, 0.15) is 18.4 Å². The number of likely N-dealkylation sites (tertiary alicyclic amines) is 1. The molecule has 2 rings (SSSR count). The number of benzene rings is 1. The maximum Gasteiger partial charge on any atom is 0.404 e. The smallest absolute Gasteiger partial charge is 0.399 e. The molecule has 2 nitrogen and oxygen atoms in total. The van der Waals surface area contributed by atoms with Gasteiger partial charge >= 0.3 is 6.18 Å². The Hall–Kier alpha value is -0.750. The summed E-state index contributed by atoms with van der Waals surface area (Å²) in [5, 5.41) is 0. The van der Waals surface area contributed by atoms with Crippen molar-refractivity contribution >= 4 is 21.6 Å². The Kier molecular flexibility index (Phi) is 3.87. The molecule has 6 heteroatoms. The van der Waals surface area contributed by atoms with Crippen LogP contribution in [-0.2, 0) is 6.54 Å². The van der Waals surface area contributed by atoms with Crippen molar-refractivity contribution in [3.05, 3.63) is 28.2 Å². The molecule has 0 unspecified atom stereocenters. The number of alkyl halides is 3. The van der Waals surface area contributed by atoms with Crippen molar-refractivity contribution in [1.29, 1.82) is 0 Å². The zero-order chi connectivity index (χ0) is 13.3. The van der Waals surface area contributed by atoms with E-state index in [0.717, 1.165) is 10.0 Å². The summed E-state index contributed by atoms with van der Waals surface area (Å²) in [6.07, 6.45) is -3.37. The molecule has 0 aliphatic carbocycles. The molecule has 1 fully saturated rings. The molecule has 1 aromatic carbocycles. The Morgan fingerprint density at radius 3 is 2.67 bits per heavy atom. The normalized spacial score (nSPS) is 21.4. The molecule has 0 saturated carbocycles. The highest BCUT2D eigenvalue weighted by Gasteiger charge is 2.45. The summed E-state index contributed by atoms with van der Waals surface area (Å²) >= 11 is 3.30. The largest absolute Gasteiger partial charge is 0.404 e. The monoisotopic (exact) mass is 322 g/mol. The van der Waals surface area contributed by atoms with Crippen molar-refractivity contribution in [2.45, 2.75) is 31.6 Å². The van der Waals surface area contributed by atoms with E-state index in [-0.39, 0.29) is 13.0 Å². The van der Waals surface area contributed by atoms with E-state index in [1.165, 1.54) is 4.90 Å². The van der Waals surface area contributed by atoms with Crippen LogP contribution in [0.2, 0.25) is 0 Å². The van der Waals surface area contributed by atoms with Gasteiger partial charge in [-0.25, -0.2) is 0 Å². The van der Waals surface area contributed by atoms with Gasteiger partial charge < -0.3 is 5.73 Å². The standard InChI is InChI=1S/C12H14BrF3N2/c13-9-4-8(5-10(17)6-9)7-18-3-1-2-11(18)12(14,15)16/h4-6,11H,1-3,7,17H2/t11-/m0/s1. The van der Waals surface area contributed by atoms with E-state index in [9.17, 15) is 13.2 Å². The molecule has 2 N–H and O–H groups in total. The highest BCUT2D eigenvalue weighted by atomic mass is 79.9. The third-order valence-corrected chi connectivity index (χ3v) is 3.56. The van der Waals surface area contributed by atoms with Crippen molar-refractivity contribution in [3.63, 3.8) is 0 Å². The highest BCUT2D eigenvalue weighted by Crippen LogP contribution is 2.33. The maximum absolute atomic E-state index is 12.8. The van der Waals surface area contributed by atoms with Crippen LogP contribution in [0, 0.1) is 0 Å². The number of rotatable bonds is 2. The van der Waals surface area contributed by atoms with Crippen molar-refractivity contribution < 1.29 is 13.2 Å².